The number of nitrogens with one attached hydrogen (secondary N) is 1. The zero-order valence-electron chi connectivity index (χ0n) is 10.3. The van der Waals surface area contributed by atoms with Crippen LogP contribution < -0.4 is 10.1 Å². The summed E-state index contributed by atoms with van der Waals surface area (Å²) < 4.78 is 4.98. The van der Waals surface area contributed by atoms with Crippen LogP contribution in [0.3, 0.4) is 0 Å². The molecule has 0 heterocycles. The highest BCUT2D eigenvalue weighted by Crippen LogP contribution is 2.11. The molecule has 1 aromatic carbocycles. The molecule has 0 aliphatic heterocycles. The largest absolute Gasteiger partial charge is 0.497 e. The Labute approximate surface area is 101 Å². The maximum Gasteiger partial charge on any atom is 0.292 e. The SMILES string of the molecule is COc1ccc(C(=O)C(=O)NCC(C)C)cc1. The minimum atomic E-state index is -0.566. The minimum absolute atomic E-state index is 0.322. The number of hydrogen-bond donors (Lipinski definition) is 1. The van der Waals surface area contributed by atoms with E-state index in [0.29, 0.717) is 23.8 Å². The smallest absolute Gasteiger partial charge is 0.292 e. The van der Waals surface area contributed by atoms with Crippen LogP contribution in [0.2, 0.25) is 0 Å². The second kappa shape index (κ2) is 6.03. The van der Waals surface area contributed by atoms with Gasteiger partial charge in [-0.3, -0.25) is 9.59 Å². The van der Waals surface area contributed by atoms with Gasteiger partial charge in [0.1, 0.15) is 5.75 Å². The Morgan fingerprint density at radius 2 is 1.82 bits per heavy atom. The number of amides is 1. The highest BCUT2D eigenvalue weighted by atomic mass is 16.5. The standard InChI is InChI=1S/C13H17NO3/c1-9(2)8-14-13(16)12(15)10-4-6-11(17-3)7-5-10/h4-7,9H,8H2,1-3H3,(H,14,16). The lowest BCUT2D eigenvalue weighted by atomic mass is 10.1. The molecule has 1 N–H and O–H groups in total. The molecule has 0 bridgehead atoms. The van der Waals surface area contributed by atoms with Crippen molar-refractivity contribution in [1.29, 1.82) is 0 Å². The third-order valence-electron chi connectivity index (χ3n) is 2.23. The van der Waals surface area contributed by atoms with Crippen molar-refractivity contribution in [3.63, 3.8) is 0 Å². The number of ketones is 1. The molecule has 4 nitrogen and oxygen atoms in total. The van der Waals surface area contributed by atoms with Crippen molar-refractivity contribution in [2.45, 2.75) is 13.8 Å². The first kappa shape index (κ1) is 13.2. The van der Waals surface area contributed by atoms with E-state index in [4.69, 9.17) is 4.74 Å². The number of rotatable bonds is 5. The van der Waals surface area contributed by atoms with E-state index in [1.807, 2.05) is 13.8 Å². The van der Waals surface area contributed by atoms with Crippen LogP contribution in [0.5, 0.6) is 5.75 Å². The van der Waals surface area contributed by atoms with Crippen molar-refractivity contribution in [2.24, 2.45) is 5.92 Å². The van der Waals surface area contributed by atoms with E-state index in [0.717, 1.165) is 0 Å². The summed E-state index contributed by atoms with van der Waals surface area (Å²) in [5, 5.41) is 2.59. The van der Waals surface area contributed by atoms with Crippen LogP contribution in [0.4, 0.5) is 0 Å². The Kier molecular flexibility index (Phi) is 4.69. The summed E-state index contributed by atoms with van der Waals surface area (Å²) in [7, 11) is 1.55. The predicted octanol–water partition coefficient (Wildman–Crippen LogP) is 1.65. The Morgan fingerprint density at radius 1 is 1.24 bits per heavy atom. The number of ether oxygens (including phenoxy) is 1. The molecular weight excluding hydrogens is 218 g/mol. The molecule has 0 saturated heterocycles. The van der Waals surface area contributed by atoms with Crippen LogP contribution in [0.15, 0.2) is 24.3 Å². The van der Waals surface area contributed by atoms with Crippen LogP contribution in [-0.2, 0) is 4.79 Å². The average Bonchev–Trinajstić information content (AvgIpc) is 2.35. The van der Waals surface area contributed by atoms with Gasteiger partial charge in [0.05, 0.1) is 7.11 Å². The Morgan fingerprint density at radius 3 is 2.29 bits per heavy atom. The van der Waals surface area contributed by atoms with Crippen LogP contribution >= 0.6 is 0 Å². The number of hydrogen-bond acceptors (Lipinski definition) is 3. The van der Waals surface area contributed by atoms with Crippen molar-refractivity contribution in [3.05, 3.63) is 29.8 Å². The quantitative estimate of drug-likeness (QED) is 0.623. The molecule has 0 spiro atoms. The van der Waals surface area contributed by atoms with Gasteiger partial charge in [0.25, 0.3) is 5.91 Å². The maximum absolute atomic E-state index is 11.7. The van der Waals surface area contributed by atoms with Gasteiger partial charge in [-0.15, -0.1) is 0 Å². The third-order valence-corrected chi connectivity index (χ3v) is 2.23. The Hall–Kier alpha value is -1.84. The molecule has 0 unspecified atom stereocenters. The molecule has 1 aromatic rings. The molecule has 0 fully saturated rings. The van der Waals surface area contributed by atoms with E-state index in [9.17, 15) is 9.59 Å². The number of carbonyl (C=O) groups is 2. The number of benzene rings is 1. The number of methoxy groups -OCH3 is 1. The molecule has 0 saturated carbocycles. The predicted molar refractivity (Wildman–Crippen MR) is 65.2 cm³/mol. The Balaban J connectivity index is 2.65. The zero-order chi connectivity index (χ0) is 12.8. The molecule has 92 valence electrons. The lowest BCUT2D eigenvalue weighted by Gasteiger charge is -2.07. The summed E-state index contributed by atoms with van der Waals surface area (Å²) in [5.74, 6) is -0.107. The van der Waals surface area contributed by atoms with Crippen molar-refractivity contribution < 1.29 is 14.3 Å². The van der Waals surface area contributed by atoms with Crippen LogP contribution in [0.25, 0.3) is 0 Å². The molecule has 0 aromatic heterocycles. The molecule has 4 heteroatoms. The van der Waals surface area contributed by atoms with Crippen LogP contribution in [-0.4, -0.2) is 25.3 Å². The minimum Gasteiger partial charge on any atom is -0.497 e. The highest BCUT2D eigenvalue weighted by molar-refractivity contribution is 6.42. The molecule has 0 aliphatic carbocycles. The summed E-state index contributed by atoms with van der Waals surface area (Å²) in [6, 6.07) is 6.47. The first-order valence-corrected chi connectivity index (χ1v) is 5.51. The maximum atomic E-state index is 11.7. The number of carbonyl (C=O) groups excluding carboxylic acids is 2. The lowest BCUT2D eigenvalue weighted by molar-refractivity contribution is -0.117. The van der Waals surface area contributed by atoms with E-state index in [2.05, 4.69) is 5.32 Å². The summed E-state index contributed by atoms with van der Waals surface area (Å²) in [5.41, 5.74) is 0.368. The molecular formula is C13H17NO3. The topological polar surface area (TPSA) is 55.4 Å². The highest BCUT2D eigenvalue weighted by Gasteiger charge is 2.15. The zero-order valence-corrected chi connectivity index (χ0v) is 10.3. The van der Waals surface area contributed by atoms with Crippen molar-refractivity contribution in [2.75, 3.05) is 13.7 Å². The first-order valence-electron chi connectivity index (χ1n) is 5.51. The summed E-state index contributed by atoms with van der Waals surface area (Å²) in [4.78, 5) is 23.2. The first-order chi connectivity index (χ1) is 8.04. The van der Waals surface area contributed by atoms with Crippen LogP contribution in [0, 0.1) is 5.92 Å². The summed E-state index contributed by atoms with van der Waals surface area (Å²) in [6.45, 7) is 4.44. The fraction of sp³-hybridized carbons (Fsp3) is 0.385. The molecule has 1 rings (SSSR count). The second-order valence-electron chi connectivity index (χ2n) is 4.16. The van der Waals surface area contributed by atoms with Gasteiger partial charge in [-0.05, 0) is 30.2 Å². The van der Waals surface area contributed by atoms with Gasteiger partial charge in [0.15, 0.2) is 0 Å². The fourth-order valence-corrected chi connectivity index (χ4v) is 1.25. The van der Waals surface area contributed by atoms with E-state index in [1.165, 1.54) is 0 Å². The molecule has 0 radical (unpaired) electrons. The molecule has 1 amide bonds. The van der Waals surface area contributed by atoms with Gasteiger partial charge in [-0.2, -0.15) is 0 Å². The van der Waals surface area contributed by atoms with E-state index < -0.39 is 11.7 Å². The van der Waals surface area contributed by atoms with E-state index in [-0.39, 0.29) is 0 Å². The monoisotopic (exact) mass is 235 g/mol. The summed E-state index contributed by atoms with van der Waals surface area (Å²) >= 11 is 0. The van der Waals surface area contributed by atoms with Gasteiger partial charge in [-0.1, -0.05) is 13.8 Å². The van der Waals surface area contributed by atoms with E-state index in [1.54, 1.807) is 31.4 Å². The van der Waals surface area contributed by atoms with Gasteiger partial charge in [0, 0.05) is 12.1 Å². The van der Waals surface area contributed by atoms with Crippen molar-refractivity contribution >= 4 is 11.7 Å². The van der Waals surface area contributed by atoms with Crippen LogP contribution in [0.1, 0.15) is 24.2 Å². The normalized spacial score (nSPS) is 10.1. The molecule has 0 atom stereocenters. The van der Waals surface area contributed by atoms with Gasteiger partial charge < -0.3 is 10.1 Å². The molecule has 0 aliphatic rings. The van der Waals surface area contributed by atoms with Gasteiger partial charge >= 0.3 is 0 Å². The lowest BCUT2D eigenvalue weighted by Crippen LogP contribution is -2.33. The summed E-state index contributed by atoms with van der Waals surface area (Å²) in [6.07, 6.45) is 0. The Bertz CT molecular complexity index is 396. The van der Waals surface area contributed by atoms with E-state index >= 15 is 0 Å². The third kappa shape index (κ3) is 3.90. The van der Waals surface area contributed by atoms with Crippen molar-refractivity contribution in [1.82, 2.24) is 5.32 Å². The second-order valence-corrected chi connectivity index (χ2v) is 4.16. The van der Waals surface area contributed by atoms with Crippen molar-refractivity contribution in [3.8, 4) is 5.75 Å². The van der Waals surface area contributed by atoms with Gasteiger partial charge in [-0.25, -0.2) is 0 Å². The van der Waals surface area contributed by atoms with Gasteiger partial charge in [0.2, 0.25) is 5.78 Å². The fourth-order valence-electron chi connectivity index (χ4n) is 1.25. The number of Topliss-reactive ketones (excluding diaryl/α,β-unsaturated/α-hetero) is 1. The average molecular weight is 235 g/mol. The molecule has 17 heavy (non-hydrogen) atoms.